The van der Waals surface area contributed by atoms with Gasteiger partial charge < -0.3 is 15.8 Å². The number of carbonyl (C=O) groups is 1. The van der Waals surface area contributed by atoms with E-state index in [9.17, 15) is 9.18 Å². The molecule has 1 aliphatic rings. The molecule has 3 N–H and O–H groups in total. The van der Waals surface area contributed by atoms with Crippen LogP contribution in [-0.2, 0) is 6.42 Å². The molecule has 1 aromatic rings. The summed E-state index contributed by atoms with van der Waals surface area (Å²) in [4.78, 5) is 11.5. The van der Waals surface area contributed by atoms with Gasteiger partial charge in [0.1, 0.15) is 12.4 Å². The van der Waals surface area contributed by atoms with Crippen molar-refractivity contribution in [3.05, 3.63) is 41.2 Å². The second-order valence-corrected chi connectivity index (χ2v) is 4.09. The van der Waals surface area contributed by atoms with Gasteiger partial charge in [0.2, 0.25) is 0 Å². The van der Waals surface area contributed by atoms with Crippen molar-refractivity contribution in [2.24, 2.45) is 5.73 Å². The van der Waals surface area contributed by atoms with Gasteiger partial charge in [0.05, 0.1) is 6.33 Å². The molecule has 4 nitrogen and oxygen atoms in total. The van der Waals surface area contributed by atoms with Gasteiger partial charge in [-0.15, -0.1) is 0 Å². The van der Waals surface area contributed by atoms with Gasteiger partial charge in [0, 0.05) is 24.2 Å². The van der Waals surface area contributed by atoms with E-state index in [4.69, 9.17) is 10.5 Å². The molecule has 0 unspecified atom stereocenters. The van der Waals surface area contributed by atoms with Crippen LogP contribution in [0, 0.1) is 0 Å². The molecule has 0 saturated carbocycles. The molecule has 18 heavy (non-hydrogen) atoms. The first-order chi connectivity index (χ1) is 8.74. The van der Waals surface area contributed by atoms with Gasteiger partial charge in [-0.2, -0.15) is 0 Å². The second kappa shape index (κ2) is 5.64. The van der Waals surface area contributed by atoms with E-state index in [0.29, 0.717) is 29.8 Å². The number of carbonyl (C=O) groups excluding carboxylic acids is 1. The SMILES string of the molecule is NC/C(=C\F)COc1ccc2c(c1)CCNC2=O. The van der Waals surface area contributed by atoms with Crippen LogP contribution in [0.3, 0.4) is 0 Å². The van der Waals surface area contributed by atoms with Gasteiger partial charge >= 0.3 is 0 Å². The number of rotatable bonds is 4. The fraction of sp³-hybridized carbons (Fsp3) is 0.308. The van der Waals surface area contributed by atoms with E-state index >= 15 is 0 Å². The molecule has 0 aliphatic carbocycles. The van der Waals surface area contributed by atoms with Gasteiger partial charge in [-0.1, -0.05) is 0 Å². The van der Waals surface area contributed by atoms with Gasteiger partial charge in [-0.05, 0) is 30.2 Å². The monoisotopic (exact) mass is 250 g/mol. The van der Waals surface area contributed by atoms with Crippen LogP contribution in [0.15, 0.2) is 30.1 Å². The molecule has 0 fully saturated rings. The van der Waals surface area contributed by atoms with Crippen molar-refractivity contribution in [3.8, 4) is 5.75 Å². The van der Waals surface area contributed by atoms with Crippen molar-refractivity contribution in [2.75, 3.05) is 19.7 Å². The summed E-state index contributed by atoms with van der Waals surface area (Å²) in [5.41, 5.74) is 7.36. The molecule has 1 heterocycles. The molecule has 1 amide bonds. The Hall–Kier alpha value is -1.88. The first kappa shape index (κ1) is 12.6. The molecule has 0 saturated heterocycles. The highest BCUT2D eigenvalue weighted by atomic mass is 19.1. The average Bonchev–Trinajstić information content (AvgIpc) is 2.40. The summed E-state index contributed by atoms with van der Waals surface area (Å²) in [5, 5.41) is 2.77. The third-order valence-electron chi connectivity index (χ3n) is 2.84. The van der Waals surface area contributed by atoms with E-state index in [1.54, 1.807) is 12.1 Å². The first-order valence-electron chi connectivity index (χ1n) is 5.76. The number of hydrogen-bond acceptors (Lipinski definition) is 3. The highest BCUT2D eigenvalue weighted by molar-refractivity contribution is 5.96. The zero-order valence-electron chi connectivity index (χ0n) is 9.91. The minimum atomic E-state index is -0.0610. The number of hydrogen-bond donors (Lipinski definition) is 2. The predicted molar refractivity (Wildman–Crippen MR) is 66.2 cm³/mol. The smallest absolute Gasteiger partial charge is 0.251 e. The van der Waals surface area contributed by atoms with Crippen molar-refractivity contribution in [1.82, 2.24) is 5.32 Å². The van der Waals surface area contributed by atoms with Crippen LogP contribution < -0.4 is 15.8 Å². The molecule has 0 bridgehead atoms. The van der Waals surface area contributed by atoms with E-state index in [1.165, 1.54) is 0 Å². The lowest BCUT2D eigenvalue weighted by Gasteiger charge is -2.17. The average molecular weight is 250 g/mol. The molecule has 2 rings (SSSR count). The van der Waals surface area contributed by atoms with Crippen molar-refractivity contribution in [2.45, 2.75) is 6.42 Å². The summed E-state index contributed by atoms with van der Waals surface area (Å²) in [5.74, 6) is 0.561. The maximum atomic E-state index is 12.3. The summed E-state index contributed by atoms with van der Waals surface area (Å²) in [6, 6.07) is 5.25. The van der Waals surface area contributed by atoms with E-state index in [2.05, 4.69) is 5.32 Å². The van der Waals surface area contributed by atoms with Crippen LogP contribution in [0.2, 0.25) is 0 Å². The van der Waals surface area contributed by atoms with Crippen molar-refractivity contribution < 1.29 is 13.9 Å². The third-order valence-corrected chi connectivity index (χ3v) is 2.84. The number of halogens is 1. The number of benzene rings is 1. The second-order valence-electron chi connectivity index (χ2n) is 4.09. The molecular formula is C13H15FN2O2. The number of nitrogens with one attached hydrogen (secondary N) is 1. The minimum absolute atomic E-state index is 0.0610. The van der Waals surface area contributed by atoms with E-state index in [-0.39, 0.29) is 19.1 Å². The third kappa shape index (κ3) is 2.68. The predicted octanol–water partition coefficient (Wildman–Crippen LogP) is 1.16. The lowest BCUT2D eigenvalue weighted by Crippen LogP contribution is -2.31. The van der Waals surface area contributed by atoms with E-state index in [0.717, 1.165) is 12.0 Å². The largest absolute Gasteiger partial charge is 0.489 e. The van der Waals surface area contributed by atoms with E-state index in [1.807, 2.05) is 6.07 Å². The quantitative estimate of drug-likeness (QED) is 0.843. The van der Waals surface area contributed by atoms with Gasteiger partial charge in [0.15, 0.2) is 0 Å². The summed E-state index contributed by atoms with van der Waals surface area (Å²) in [6.07, 6.45) is 1.24. The highest BCUT2D eigenvalue weighted by Gasteiger charge is 2.16. The maximum Gasteiger partial charge on any atom is 0.251 e. The summed E-state index contributed by atoms with van der Waals surface area (Å²) < 4.78 is 17.7. The Kier molecular flexibility index (Phi) is 3.94. The Morgan fingerprint density at radius 1 is 1.56 bits per heavy atom. The molecular weight excluding hydrogens is 235 g/mol. The Morgan fingerprint density at radius 2 is 2.39 bits per heavy atom. The fourth-order valence-corrected chi connectivity index (χ4v) is 1.81. The van der Waals surface area contributed by atoms with Crippen LogP contribution >= 0.6 is 0 Å². The first-order valence-corrected chi connectivity index (χ1v) is 5.76. The summed E-state index contributed by atoms with van der Waals surface area (Å²) in [6.45, 7) is 0.884. The number of nitrogens with two attached hydrogens (primary N) is 1. The Morgan fingerprint density at radius 3 is 3.11 bits per heavy atom. The number of amides is 1. The normalized spacial score (nSPS) is 15.0. The Bertz CT molecular complexity index is 486. The van der Waals surface area contributed by atoms with Crippen molar-refractivity contribution >= 4 is 5.91 Å². The molecule has 1 aromatic carbocycles. The summed E-state index contributed by atoms with van der Waals surface area (Å²) >= 11 is 0. The lowest BCUT2D eigenvalue weighted by atomic mass is 10.0. The van der Waals surface area contributed by atoms with Crippen molar-refractivity contribution in [1.29, 1.82) is 0 Å². The molecule has 1 aliphatic heterocycles. The molecule has 96 valence electrons. The topological polar surface area (TPSA) is 64.3 Å². The molecule has 0 radical (unpaired) electrons. The van der Waals surface area contributed by atoms with Gasteiger partial charge in [-0.25, -0.2) is 4.39 Å². The molecule has 0 aromatic heterocycles. The Balaban J connectivity index is 2.09. The number of ether oxygens (including phenoxy) is 1. The standard InChI is InChI=1S/C13H15FN2O2/c14-6-9(7-15)8-18-11-1-2-12-10(5-11)3-4-16-13(12)17/h1-2,5-6H,3-4,7-8,15H2,(H,16,17)/b9-6+. The summed E-state index contributed by atoms with van der Waals surface area (Å²) in [7, 11) is 0. The van der Waals surface area contributed by atoms with Gasteiger partial charge in [0.25, 0.3) is 5.91 Å². The fourth-order valence-electron chi connectivity index (χ4n) is 1.81. The highest BCUT2D eigenvalue weighted by Crippen LogP contribution is 2.21. The Labute approximate surface area is 105 Å². The van der Waals surface area contributed by atoms with Crippen LogP contribution in [0.5, 0.6) is 5.75 Å². The van der Waals surface area contributed by atoms with Crippen LogP contribution in [0.4, 0.5) is 4.39 Å². The number of fused-ring (bicyclic) bond motifs is 1. The van der Waals surface area contributed by atoms with Crippen LogP contribution in [-0.4, -0.2) is 25.6 Å². The molecule has 5 heteroatoms. The van der Waals surface area contributed by atoms with E-state index < -0.39 is 0 Å². The minimum Gasteiger partial charge on any atom is -0.489 e. The molecule has 0 atom stereocenters. The lowest BCUT2D eigenvalue weighted by molar-refractivity contribution is 0.0946. The van der Waals surface area contributed by atoms with Crippen LogP contribution in [0.1, 0.15) is 15.9 Å². The zero-order valence-corrected chi connectivity index (χ0v) is 9.91. The zero-order chi connectivity index (χ0) is 13.0. The van der Waals surface area contributed by atoms with Crippen molar-refractivity contribution in [3.63, 3.8) is 0 Å². The van der Waals surface area contributed by atoms with Crippen LogP contribution in [0.25, 0.3) is 0 Å². The maximum absolute atomic E-state index is 12.3. The van der Waals surface area contributed by atoms with Gasteiger partial charge in [-0.3, -0.25) is 4.79 Å². The molecule has 0 spiro atoms.